The van der Waals surface area contributed by atoms with Gasteiger partial charge < -0.3 is 19.9 Å². The number of thioether (sulfide) groups is 1. The Hall–Kier alpha value is -1.91. The van der Waals surface area contributed by atoms with Gasteiger partial charge in [0.15, 0.2) is 10.1 Å². The van der Waals surface area contributed by atoms with Crippen LogP contribution in [0.1, 0.15) is 46.5 Å². The van der Waals surface area contributed by atoms with E-state index in [4.69, 9.17) is 4.74 Å². The van der Waals surface area contributed by atoms with Crippen molar-refractivity contribution in [1.29, 1.82) is 0 Å². The summed E-state index contributed by atoms with van der Waals surface area (Å²) in [5.74, 6) is 0.191. The van der Waals surface area contributed by atoms with Crippen molar-refractivity contribution in [3.63, 3.8) is 0 Å². The molecule has 1 atom stereocenters. The van der Waals surface area contributed by atoms with Crippen LogP contribution in [0.3, 0.4) is 0 Å². The summed E-state index contributed by atoms with van der Waals surface area (Å²) in [6.07, 6.45) is 6.12. The maximum atomic E-state index is 12.4. The first-order chi connectivity index (χ1) is 13.7. The molecule has 0 unspecified atom stereocenters. The van der Waals surface area contributed by atoms with Crippen LogP contribution >= 0.6 is 23.1 Å². The number of aromatic amines is 1. The Morgan fingerprint density at radius 2 is 2.18 bits per heavy atom. The van der Waals surface area contributed by atoms with Crippen LogP contribution in [-0.2, 0) is 4.74 Å². The smallest absolute Gasteiger partial charge is 0.270 e. The first-order valence-corrected chi connectivity index (χ1v) is 11.3. The van der Waals surface area contributed by atoms with Gasteiger partial charge in [-0.1, -0.05) is 23.1 Å². The molecule has 0 aliphatic carbocycles. The van der Waals surface area contributed by atoms with Gasteiger partial charge in [-0.15, -0.1) is 10.2 Å². The van der Waals surface area contributed by atoms with Crippen LogP contribution < -0.4 is 5.32 Å². The lowest BCUT2D eigenvalue weighted by molar-refractivity contribution is 0.0787. The van der Waals surface area contributed by atoms with Gasteiger partial charge in [-0.3, -0.25) is 9.59 Å². The minimum Gasteiger partial charge on any atom is -0.376 e. The molecule has 2 aromatic rings. The molecule has 10 heteroatoms. The number of hydrogen-bond acceptors (Lipinski definition) is 8. The number of likely N-dealkylation sites (tertiary alicyclic amines) is 1. The van der Waals surface area contributed by atoms with E-state index in [1.165, 1.54) is 23.1 Å². The predicted octanol–water partition coefficient (Wildman–Crippen LogP) is 2.67. The zero-order valence-corrected chi connectivity index (χ0v) is 17.1. The molecule has 28 heavy (non-hydrogen) atoms. The summed E-state index contributed by atoms with van der Waals surface area (Å²) in [4.78, 5) is 29.6. The first-order valence-electron chi connectivity index (χ1n) is 9.52. The van der Waals surface area contributed by atoms with Gasteiger partial charge in [-0.05, 0) is 31.7 Å². The lowest BCUT2D eigenvalue weighted by atomic mass is 10.2. The van der Waals surface area contributed by atoms with E-state index in [-0.39, 0.29) is 23.5 Å². The molecule has 2 saturated heterocycles. The number of nitrogens with zero attached hydrogens (tertiary/aromatic N) is 3. The van der Waals surface area contributed by atoms with E-state index in [2.05, 4.69) is 20.5 Å². The highest BCUT2D eigenvalue weighted by Gasteiger charge is 2.22. The average molecular weight is 422 g/mol. The quantitative estimate of drug-likeness (QED) is 0.499. The molecule has 2 aliphatic heterocycles. The number of Topliss-reactive ketones (excluding diaryl/α,β-unsaturated/α-hetero) is 1. The highest BCUT2D eigenvalue weighted by molar-refractivity contribution is 8.01. The van der Waals surface area contributed by atoms with Gasteiger partial charge in [0, 0.05) is 38.0 Å². The Bertz CT molecular complexity index is 825. The van der Waals surface area contributed by atoms with E-state index in [0.29, 0.717) is 11.3 Å². The van der Waals surface area contributed by atoms with Crippen molar-refractivity contribution in [2.75, 3.05) is 37.3 Å². The van der Waals surface area contributed by atoms with Crippen molar-refractivity contribution in [3.8, 4) is 0 Å². The van der Waals surface area contributed by atoms with E-state index in [1.54, 1.807) is 12.3 Å². The summed E-state index contributed by atoms with van der Waals surface area (Å²) in [6.45, 7) is 3.14. The molecule has 150 valence electrons. The standard InChI is InChI=1S/C18H23N5O3S2/c24-15(12-8-14(19-9-12)16(25)23-5-1-2-6-23)11-27-18-22-21-17(28-18)20-10-13-4-3-7-26-13/h8-9,13,19H,1-7,10-11H2,(H,20,21)/t13-/m0/s1. The van der Waals surface area contributed by atoms with Crippen molar-refractivity contribution in [2.24, 2.45) is 0 Å². The van der Waals surface area contributed by atoms with Crippen LogP contribution in [0.15, 0.2) is 16.6 Å². The number of H-pyrrole nitrogens is 1. The number of ether oxygens (including phenoxy) is 1. The number of anilines is 1. The lowest BCUT2D eigenvalue weighted by Crippen LogP contribution is -2.27. The topological polar surface area (TPSA) is 100 Å². The molecular formula is C18H23N5O3S2. The summed E-state index contributed by atoms with van der Waals surface area (Å²) in [5.41, 5.74) is 1.00. The minimum absolute atomic E-state index is 0.0321. The molecule has 0 saturated carbocycles. The van der Waals surface area contributed by atoms with Crippen LogP contribution in [0.25, 0.3) is 0 Å². The Kier molecular flexibility index (Phi) is 6.28. The lowest BCUT2D eigenvalue weighted by Gasteiger charge is -2.13. The van der Waals surface area contributed by atoms with E-state index < -0.39 is 0 Å². The van der Waals surface area contributed by atoms with Gasteiger partial charge in [0.05, 0.1) is 11.9 Å². The van der Waals surface area contributed by atoms with Crippen molar-refractivity contribution >= 4 is 39.9 Å². The maximum Gasteiger partial charge on any atom is 0.270 e. The van der Waals surface area contributed by atoms with E-state index in [0.717, 1.165) is 61.4 Å². The molecule has 2 aromatic heterocycles. The van der Waals surface area contributed by atoms with Gasteiger partial charge >= 0.3 is 0 Å². The molecular weight excluding hydrogens is 398 g/mol. The summed E-state index contributed by atoms with van der Waals surface area (Å²) >= 11 is 2.79. The van der Waals surface area contributed by atoms with E-state index in [9.17, 15) is 9.59 Å². The molecule has 8 nitrogen and oxygen atoms in total. The highest BCUT2D eigenvalue weighted by Crippen LogP contribution is 2.26. The van der Waals surface area contributed by atoms with Crippen molar-refractivity contribution in [3.05, 3.63) is 23.5 Å². The van der Waals surface area contributed by atoms with Crippen LogP contribution in [0, 0.1) is 0 Å². The molecule has 4 heterocycles. The van der Waals surface area contributed by atoms with Gasteiger partial charge in [0.1, 0.15) is 5.69 Å². The van der Waals surface area contributed by atoms with Crippen LogP contribution in [0.4, 0.5) is 5.13 Å². The van der Waals surface area contributed by atoms with E-state index >= 15 is 0 Å². The van der Waals surface area contributed by atoms with Crippen LogP contribution in [0.2, 0.25) is 0 Å². The first kappa shape index (κ1) is 19.4. The van der Waals surface area contributed by atoms with Crippen LogP contribution in [0.5, 0.6) is 0 Å². The molecule has 0 aromatic carbocycles. The summed E-state index contributed by atoms with van der Waals surface area (Å²) < 4.78 is 6.32. The number of amides is 1. The molecule has 0 bridgehead atoms. The number of nitrogens with one attached hydrogen (secondary N) is 2. The number of ketones is 1. The Morgan fingerprint density at radius 3 is 2.96 bits per heavy atom. The summed E-state index contributed by atoms with van der Waals surface area (Å²) in [7, 11) is 0. The van der Waals surface area contributed by atoms with Crippen molar-refractivity contribution < 1.29 is 14.3 Å². The fourth-order valence-electron chi connectivity index (χ4n) is 3.33. The second-order valence-electron chi connectivity index (χ2n) is 6.90. The fraction of sp³-hybridized carbons (Fsp3) is 0.556. The molecule has 2 aliphatic rings. The maximum absolute atomic E-state index is 12.4. The fourth-order valence-corrected chi connectivity index (χ4v) is 4.98. The van der Waals surface area contributed by atoms with Gasteiger partial charge in [0.2, 0.25) is 5.13 Å². The Morgan fingerprint density at radius 1 is 1.32 bits per heavy atom. The minimum atomic E-state index is -0.0363. The molecule has 0 radical (unpaired) electrons. The Labute approximate surface area is 171 Å². The molecule has 2 fully saturated rings. The van der Waals surface area contributed by atoms with E-state index in [1.807, 2.05) is 4.90 Å². The highest BCUT2D eigenvalue weighted by atomic mass is 32.2. The number of carbonyl (C=O) groups is 2. The summed E-state index contributed by atoms with van der Waals surface area (Å²) in [5, 5.41) is 12.2. The van der Waals surface area contributed by atoms with Gasteiger partial charge in [0.25, 0.3) is 5.91 Å². The van der Waals surface area contributed by atoms with Crippen molar-refractivity contribution in [1.82, 2.24) is 20.1 Å². The number of hydrogen-bond donors (Lipinski definition) is 2. The third-order valence-electron chi connectivity index (χ3n) is 4.87. The number of carbonyl (C=O) groups excluding carboxylic acids is 2. The molecule has 0 spiro atoms. The second-order valence-corrected chi connectivity index (χ2v) is 9.10. The Balaban J connectivity index is 1.25. The molecule has 2 N–H and O–H groups in total. The largest absolute Gasteiger partial charge is 0.376 e. The third-order valence-corrected chi connectivity index (χ3v) is 6.88. The van der Waals surface area contributed by atoms with Gasteiger partial charge in [-0.2, -0.15) is 0 Å². The normalized spacial score (nSPS) is 19.3. The SMILES string of the molecule is O=C(CSc1nnc(NC[C@@H]2CCCO2)s1)c1c[nH]c(C(=O)N2CCCC2)c1. The second kappa shape index (κ2) is 9.06. The number of aromatic nitrogens is 3. The average Bonchev–Trinajstić information content (AvgIpc) is 3.50. The monoisotopic (exact) mass is 421 g/mol. The van der Waals surface area contributed by atoms with Crippen molar-refractivity contribution in [2.45, 2.75) is 36.1 Å². The molecule has 1 amide bonds. The zero-order valence-electron chi connectivity index (χ0n) is 15.5. The number of rotatable bonds is 8. The predicted molar refractivity (Wildman–Crippen MR) is 108 cm³/mol. The third kappa shape index (κ3) is 4.73. The van der Waals surface area contributed by atoms with Crippen LogP contribution in [-0.4, -0.2) is 69.9 Å². The van der Waals surface area contributed by atoms with Gasteiger partial charge in [-0.25, -0.2) is 0 Å². The summed E-state index contributed by atoms with van der Waals surface area (Å²) in [6, 6.07) is 1.65. The molecule has 4 rings (SSSR count). The zero-order chi connectivity index (χ0) is 19.3.